The second kappa shape index (κ2) is 7.06. The number of urea groups is 1. The van der Waals surface area contributed by atoms with Gasteiger partial charge in [0.05, 0.1) is 12.2 Å². The molecule has 2 aliphatic rings. The first kappa shape index (κ1) is 18.1. The molecule has 9 heteroatoms. The van der Waals surface area contributed by atoms with Gasteiger partial charge in [-0.3, -0.25) is 9.80 Å². The van der Waals surface area contributed by atoms with Gasteiger partial charge in [-0.05, 0) is 31.4 Å². The van der Waals surface area contributed by atoms with Crippen molar-refractivity contribution in [1.29, 1.82) is 0 Å². The third-order valence-electron chi connectivity index (χ3n) is 5.32. The highest BCUT2D eigenvalue weighted by Gasteiger charge is 2.39. The zero-order valence-corrected chi connectivity index (χ0v) is 15.4. The number of nitrogens with zero attached hydrogens (tertiary/aromatic N) is 5. The van der Waals surface area contributed by atoms with Crippen LogP contribution in [0.1, 0.15) is 24.0 Å². The molecule has 1 aromatic heterocycles. The van der Waals surface area contributed by atoms with Gasteiger partial charge in [-0.25, -0.2) is 23.9 Å². The summed E-state index contributed by atoms with van der Waals surface area (Å²) in [4.78, 5) is 37.3. The first-order valence-corrected chi connectivity index (χ1v) is 9.10. The quantitative estimate of drug-likeness (QED) is 0.858. The summed E-state index contributed by atoms with van der Waals surface area (Å²) in [6.07, 6.45) is 3.04. The van der Waals surface area contributed by atoms with Gasteiger partial charge in [0.2, 0.25) is 0 Å². The fraction of sp³-hybridized carbons (Fsp3) is 0.368. The molecule has 1 saturated heterocycles. The Morgan fingerprint density at radius 3 is 2.71 bits per heavy atom. The molecule has 146 valence electrons. The Bertz CT molecular complexity index is 909. The Labute approximate surface area is 161 Å². The minimum absolute atomic E-state index is 0.182. The third-order valence-corrected chi connectivity index (χ3v) is 5.32. The number of benzene rings is 1. The molecule has 1 aromatic carbocycles. The van der Waals surface area contributed by atoms with E-state index in [-0.39, 0.29) is 24.3 Å². The van der Waals surface area contributed by atoms with E-state index < -0.39 is 11.9 Å². The average molecular weight is 385 g/mol. The molecule has 0 atom stereocenters. The van der Waals surface area contributed by atoms with Gasteiger partial charge in [0.1, 0.15) is 18.0 Å². The smallest absolute Gasteiger partial charge is 0.407 e. The van der Waals surface area contributed by atoms with Crippen LogP contribution >= 0.6 is 0 Å². The molecular weight excluding hydrogens is 365 g/mol. The lowest BCUT2D eigenvalue weighted by molar-refractivity contribution is 0.132. The molecule has 2 aromatic rings. The molecule has 0 unspecified atom stereocenters. The van der Waals surface area contributed by atoms with Crippen molar-refractivity contribution < 1.29 is 19.1 Å². The molecule has 0 bridgehead atoms. The van der Waals surface area contributed by atoms with Gasteiger partial charge < -0.3 is 10.0 Å². The van der Waals surface area contributed by atoms with Gasteiger partial charge >= 0.3 is 12.1 Å². The standard InChI is InChI=1S/C19H20FN5O3/c1-12-3-2-4-15(20)16(12)24-10-13-9-21-11-22-17(13)25(18(24)26)14-5-7-23(8-6-14)19(27)28/h2-4,9,11,14H,5-8,10H2,1H3,(H,27,28). The van der Waals surface area contributed by atoms with Crippen LogP contribution in [-0.2, 0) is 6.54 Å². The first-order valence-electron chi connectivity index (χ1n) is 9.10. The summed E-state index contributed by atoms with van der Waals surface area (Å²) >= 11 is 0. The summed E-state index contributed by atoms with van der Waals surface area (Å²) in [5.74, 6) is 0.0494. The molecule has 28 heavy (non-hydrogen) atoms. The Balaban J connectivity index is 1.71. The van der Waals surface area contributed by atoms with Gasteiger partial charge in [-0.2, -0.15) is 0 Å². The lowest BCUT2D eigenvalue weighted by Gasteiger charge is -2.43. The normalized spacial score (nSPS) is 17.6. The number of piperidine rings is 1. The van der Waals surface area contributed by atoms with Crippen molar-refractivity contribution >= 4 is 23.6 Å². The van der Waals surface area contributed by atoms with Crippen LogP contribution in [0, 0.1) is 12.7 Å². The SMILES string of the molecule is Cc1cccc(F)c1N1Cc2cncnc2N(C2CCN(C(=O)O)CC2)C1=O. The maximum absolute atomic E-state index is 14.6. The van der Waals surface area contributed by atoms with E-state index in [9.17, 15) is 19.1 Å². The Morgan fingerprint density at radius 1 is 1.29 bits per heavy atom. The zero-order chi connectivity index (χ0) is 19.8. The number of carboxylic acid groups (broad SMARTS) is 1. The summed E-state index contributed by atoms with van der Waals surface area (Å²) in [7, 11) is 0. The summed E-state index contributed by atoms with van der Waals surface area (Å²) in [6, 6.07) is 4.14. The highest BCUT2D eigenvalue weighted by atomic mass is 19.1. The largest absolute Gasteiger partial charge is 0.465 e. The number of hydrogen-bond donors (Lipinski definition) is 1. The number of amides is 3. The monoisotopic (exact) mass is 385 g/mol. The van der Waals surface area contributed by atoms with Gasteiger partial charge in [0.25, 0.3) is 0 Å². The molecule has 0 spiro atoms. The molecule has 3 amide bonds. The van der Waals surface area contributed by atoms with E-state index in [1.54, 1.807) is 30.2 Å². The second-order valence-corrected chi connectivity index (χ2v) is 7.02. The van der Waals surface area contributed by atoms with E-state index in [2.05, 4.69) is 9.97 Å². The summed E-state index contributed by atoms with van der Waals surface area (Å²) < 4.78 is 14.6. The van der Waals surface area contributed by atoms with E-state index in [1.807, 2.05) is 0 Å². The number of aryl methyl sites for hydroxylation is 1. The number of carbonyl (C=O) groups excluding carboxylic acids is 1. The second-order valence-electron chi connectivity index (χ2n) is 7.02. The minimum Gasteiger partial charge on any atom is -0.465 e. The number of hydrogen-bond acceptors (Lipinski definition) is 4. The fourth-order valence-corrected chi connectivity index (χ4v) is 3.92. The third kappa shape index (κ3) is 3.02. The average Bonchev–Trinajstić information content (AvgIpc) is 2.68. The predicted molar refractivity (Wildman–Crippen MR) is 99.8 cm³/mol. The van der Waals surface area contributed by atoms with Crippen LogP contribution in [0.25, 0.3) is 0 Å². The first-order chi connectivity index (χ1) is 13.5. The maximum Gasteiger partial charge on any atom is 0.407 e. The number of para-hydroxylation sites is 1. The van der Waals surface area contributed by atoms with Gasteiger partial charge in [-0.1, -0.05) is 12.1 Å². The molecule has 1 N–H and O–H groups in total. The van der Waals surface area contributed by atoms with Crippen LogP contribution in [0.5, 0.6) is 0 Å². The van der Waals surface area contributed by atoms with Crippen molar-refractivity contribution in [2.24, 2.45) is 0 Å². The zero-order valence-electron chi connectivity index (χ0n) is 15.4. The molecule has 4 rings (SSSR count). The number of halogens is 1. The summed E-state index contributed by atoms with van der Waals surface area (Å²) in [5.41, 5.74) is 1.63. The molecule has 1 fully saturated rings. The van der Waals surface area contributed by atoms with Crippen molar-refractivity contribution in [2.75, 3.05) is 22.9 Å². The molecule has 0 aliphatic carbocycles. The summed E-state index contributed by atoms with van der Waals surface area (Å²) in [6.45, 7) is 2.62. The van der Waals surface area contributed by atoms with Gasteiger partial charge in [0.15, 0.2) is 0 Å². The number of likely N-dealkylation sites (tertiary alicyclic amines) is 1. The van der Waals surface area contributed by atoms with E-state index >= 15 is 0 Å². The molecular formula is C19H20FN5O3. The molecule has 3 heterocycles. The molecule has 2 aliphatic heterocycles. The van der Waals surface area contributed by atoms with Crippen molar-refractivity contribution in [2.45, 2.75) is 32.4 Å². The number of anilines is 2. The highest BCUT2D eigenvalue weighted by molar-refractivity contribution is 6.06. The van der Waals surface area contributed by atoms with Crippen LogP contribution in [-0.4, -0.2) is 51.2 Å². The van der Waals surface area contributed by atoms with E-state index in [4.69, 9.17) is 0 Å². The van der Waals surface area contributed by atoms with Crippen LogP contribution < -0.4 is 9.80 Å². The molecule has 0 saturated carbocycles. The lowest BCUT2D eigenvalue weighted by atomic mass is 10.0. The number of aromatic nitrogens is 2. The van der Waals surface area contributed by atoms with Crippen molar-refractivity contribution in [3.05, 3.63) is 47.7 Å². The Hall–Kier alpha value is -3.23. The van der Waals surface area contributed by atoms with Gasteiger partial charge in [0, 0.05) is 30.9 Å². The summed E-state index contributed by atoms with van der Waals surface area (Å²) in [5, 5.41) is 9.17. The van der Waals surface area contributed by atoms with Crippen molar-refractivity contribution in [1.82, 2.24) is 14.9 Å². The number of carbonyl (C=O) groups is 2. The topological polar surface area (TPSA) is 89.9 Å². The van der Waals surface area contributed by atoms with Crippen LogP contribution in [0.2, 0.25) is 0 Å². The van der Waals surface area contributed by atoms with Crippen molar-refractivity contribution in [3.8, 4) is 0 Å². The Morgan fingerprint density at radius 2 is 2.04 bits per heavy atom. The maximum atomic E-state index is 14.6. The number of fused-ring (bicyclic) bond motifs is 1. The van der Waals surface area contributed by atoms with E-state index in [0.29, 0.717) is 37.3 Å². The minimum atomic E-state index is -0.963. The van der Waals surface area contributed by atoms with Crippen LogP contribution in [0.15, 0.2) is 30.7 Å². The number of rotatable bonds is 2. The highest BCUT2D eigenvalue weighted by Crippen LogP contribution is 2.35. The van der Waals surface area contributed by atoms with E-state index in [1.165, 1.54) is 22.2 Å². The lowest BCUT2D eigenvalue weighted by Crippen LogP contribution is -2.56. The van der Waals surface area contributed by atoms with Crippen LogP contribution in [0.4, 0.5) is 25.5 Å². The predicted octanol–water partition coefficient (Wildman–Crippen LogP) is 3.01. The molecule has 8 nitrogen and oxygen atoms in total. The van der Waals surface area contributed by atoms with E-state index in [0.717, 1.165) is 5.56 Å². The molecule has 0 radical (unpaired) electrons. The van der Waals surface area contributed by atoms with Crippen LogP contribution in [0.3, 0.4) is 0 Å². The fourth-order valence-electron chi connectivity index (χ4n) is 3.92. The Kier molecular flexibility index (Phi) is 4.58. The van der Waals surface area contributed by atoms with Crippen molar-refractivity contribution in [3.63, 3.8) is 0 Å². The van der Waals surface area contributed by atoms with Gasteiger partial charge in [-0.15, -0.1) is 0 Å².